The zero-order valence-corrected chi connectivity index (χ0v) is 19.5. The minimum atomic E-state index is -4.01. The van der Waals surface area contributed by atoms with Crippen molar-refractivity contribution in [3.8, 4) is 0 Å². The van der Waals surface area contributed by atoms with Crippen LogP contribution in [0.1, 0.15) is 30.0 Å². The summed E-state index contributed by atoms with van der Waals surface area (Å²) < 4.78 is 29.5. The Morgan fingerprint density at radius 2 is 1.97 bits per heavy atom. The van der Waals surface area contributed by atoms with Crippen LogP contribution in [0.4, 0.5) is 0 Å². The summed E-state index contributed by atoms with van der Waals surface area (Å²) in [4.78, 5) is 26.4. The van der Waals surface area contributed by atoms with Crippen molar-refractivity contribution in [2.75, 3.05) is 19.6 Å². The molecule has 1 aliphatic rings. The molecule has 1 saturated heterocycles. The van der Waals surface area contributed by atoms with E-state index in [9.17, 15) is 23.2 Å². The Morgan fingerprint density at radius 1 is 1.18 bits per heavy atom. The van der Waals surface area contributed by atoms with Crippen molar-refractivity contribution in [2.24, 2.45) is 0 Å². The molecule has 3 aromatic rings. The number of thiophene rings is 1. The number of rotatable bonds is 9. The smallest absolute Gasteiger partial charge is 0.266 e. The van der Waals surface area contributed by atoms with Gasteiger partial charge in [0.1, 0.15) is 6.04 Å². The number of hydrogen-bond acceptors (Lipinski definition) is 6. The maximum atomic E-state index is 13.7. The Balaban J connectivity index is 1.69. The van der Waals surface area contributed by atoms with Crippen LogP contribution >= 0.6 is 11.3 Å². The van der Waals surface area contributed by atoms with Crippen LogP contribution in [0, 0.1) is 0 Å². The molecule has 0 saturated carbocycles. The SMILES string of the molecule is O=C(NO)C(c1ccccc1)N(CCN1CCCC1=O)S(=O)(=O)Cc1ccc2sccc2c1. The molecule has 0 bridgehead atoms. The summed E-state index contributed by atoms with van der Waals surface area (Å²) >= 11 is 1.57. The molecule has 0 aliphatic carbocycles. The van der Waals surface area contributed by atoms with E-state index in [2.05, 4.69) is 0 Å². The maximum absolute atomic E-state index is 13.7. The molecule has 2 amide bonds. The fraction of sp³-hybridized carbons (Fsp3) is 0.304. The van der Waals surface area contributed by atoms with Gasteiger partial charge in [0.2, 0.25) is 15.9 Å². The molecule has 174 valence electrons. The van der Waals surface area contributed by atoms with Crippen LogP contribution in [-0.2, 0) is 25.4 Å². The zero-order chi connectivity index (χ0) is 23.4. The van der Waals surface area contributed by atoms with Gasteiger partial charge >= 0.3 is 0 Å². The van der Waals surface area contributed by atoms with E-state index in [1.807, 2.05) is 23.6 Å². The molecule has 0 radical (unpaired) electrons. The number of carbonyl (C=O) groups is 2. The summed E-state index contributed by atoms with van der Waals surface area (Å²) in [5.41, 5.74) is 2.63. The lowest BCUT2D eigenvalue weighted by Gasteiger charge is -2.31. The van der Waals surface area contributed by atoms with E-state index in [0.29, 0.717) is 24.1 Å². The average Bonchev–Trinajstić information content (AvgIpc) is 3.44. The summed E-state index contributed by atoms with van der Waals surface area (Å²) in [7, 11) is -4.01. The Morgan fingerprint density at radius 3 is 2.67 bits per heavy atom. The standard InChI is InChI=1S/C23H25N3O5S2/c27-21-7-4-11-25(21)12-13-26(22(23(28)24-29)18-5-2-1-3-6-18)33(30,31)16-17-8-9-20-19(15-17)10-14-32-20/h1-3,5-6,8-10,14-15,22,29H,4,7,11-13,16H2,(H,24,28). The first kappa shape index (κ1) is 23.4. The number of benzene rings is 2. The topological polar surface area (TPSA) is 107 Å². The molecule has 1 fully saturated rings. The van der Waals surface area contributed by atoms with Gasteiger partial charge in [-0.25, -0.2) is 13.9 Å². The molecule has 2 heterocycles. The van der Waals surface area contributed by atoms with Crippen molar-refractivity contribution >= 4 is 43.3 Å². The van der Waals surface area contributed by atoms with E-state index >= 15 is 0 Å². The lowest BCUT2D eigenvalue weighted by Crippen LogP contribution is -2.46. The molecule has 33 heavy (non-hydrogen) atoms. The lowest BCUT2D eigenvalue weighted by molar-refractivity contribution is -0.133. The predicted molar refractivity (Wildman–Crippen MR) is 126 cm³/mol. The number of amides is 2. The van der Waals surface area contributed by atoms with Crippen molar-refractivity contribution in [1.29, 1.82) is 0 Å². The molecule has 1 unspecified atom stereocenters. The van der Waals surface area contributed by atoms with Crippen LogP contribution in [0.5, 0.6) is 0 Å². The highest BCUT2D eigenvalue weighted by molar-refractivity contribution is 7.88. The van der Waals surface area contributed by atoms with Gasteiger partial charge in [0.25, 0.3) is 5.91 Å². The minimum absolute atomic E-state index is 0.0295. The van der Waals surface area contributed by atoms with Crippen LogP contribution in [0.3, 0.4) is 0 Å². The Hall–Kier alpha value is -2.79. The highest BCUT2D eigenvalue weighted by Crippen LogP contribution is 2.28. The fourth-order valence-electron chi connectivity index (χ4n) is 4.13. The maximum Gasteiger partial charge on any atom is 0.266 e. The molecule has 1 atom stereocenters. The van der Waals surface area contributed by atoms with Gasteiger partial charge in [0.15, 0.2) is 0 Å². The molecule has 2 N–H and O–H groups in total. The zero-order valence-electron chi connectivity index (χ0n) is 17.9. The first-order chi connectivity index (χ1) is 15.9. The Labute approximate surface area is 196 Å². The third-order valence-corrected chi connectivity index (χ3v) is 8.45. The highest BCUT2D eigenvalue weighted by Gasteiger charge is 2.37. The van der Waals surface area contributed by atoms with Gasteiger partial charge in [-0.05, 0) is 46.5 Å². The molecule has 2 aromatic carbocycles. The molecule has 1 aromatic heterocycles. The summed E-state index contributed by atoms with van der Waals surface area (Å²) in [6, 6.07) is 14.6. The van der Waals surface area contributed by atoms with E-state index in [0.717, 1.165) is 20.8 Å². The molecule has 4 rings (SSSR count). The fourth-order valence-corrected chi connectivity index (χ4v) is 6.57. The van der Waals surface area contributed by atoms with Crippen molar-refractivity contribution in [3.63, 3.8) is 0 Å². The number of nitrogens with zero attached hydrogens (tertiary/aromatic N) is 2. The van der Waals surface area contributed by atoms with Crippen LogP contribution in [0.15, 0.2) is 60.0 Å². The van der Waals surface area contributed by atoms with E-state index < -0.39 is 22.0 Å². The number of hydrogen-bond donors (Lipinski definition) is 2. The van der Waals surface area contributed by atoms with Gasteiger partial charge in [0.05, 0.1) is 5.75 Å². The van der Waals surface area contributed by atoms with Crippen LogP contribution < -0.4 is 5.48 Å². The number of fused-ring (bicyclic) bond motifs is 1. The largest absolute Gasteiger partial charge is 0.341 e. The predicted octanol–water partition coefficient (Wildman–Crippen LogP) is 2.90. The van der Waals surface area contributed by atoms with Crippen LogP contribution in [0.2, 0.25) is 0 Å². The number of nitrogens with one attached hydrogen (secondary N) is 1. The third-order valence-electron chi connectivity index (χ3n) is 5.75. The van der Waals surface area contributed by atoms with Crippen molar-refractivity contribution in [3.05, 3.63) is 71.1 Å². The molecule has 10 heteroatoms. The normalized spacial score (nSPS) is 15.3. The monoisotopic (exact) mass is 487 g/mol. The van der Waals surface area contributed by atoms with Crippen molar-refractivity contribution in [1.82, 2.24) is 14.7 Å². The van der Waals surface area contributed by atoms with Gasteiger partial charge in [-0.15, -0.1) is 11.3 Å². The third kappa shape index (κ3) is 5.25. The van der Waals surface area contributed by atoms with Crippen molar-refractivity contribution < 1.29 is 23.2 Å². The second kappa shape index (κ2) is 10.0. The van der Waals surface area contributed by atoms with Gasteiger partial charge in [0, 0.05) is 30.8 Å². The van der Waals surface area contributed by atoms with E-state index in [4.69, 9.17) is 0 Å². The van der Waals surface area contributed by atoms with Gasteiger partial charge in [-0.2, -0.15) is 4.31 Å². The molecule has 0 spiro atoms. The summed E-state index contributed by atoms with van der Waals surface area (Å²) in [6.45, 7) is 0.662. The van der Waals surface area contributed by atoms with Gasteiger partial charge < -0.3 is 4.90 Å². The second-order valence-electron chi connectivity index (χ2n) is 7.93. The summed E-state index contributed by atoms with van der Waals surface area (Å²) in [5.74, 6) is -1.20. The lowest BCUT2D eigenvalue weighted by atomic mass is 10.1. The van der Waals surface area contributed by atoms with E-state index in [1.165, 1.54) is 0 Å². The molecular weight excluding hydrogens is 462 g/mol. The quantitative estimate of drug-likeness (QED) is 0.357. The Bertz CT molecular complexity index is 1240. The van der Waals surface area contributed by atoms with Crippen LogP contribution in [0.25, 0.3) is 10.1 Å². The van der Waals surface area contributed by atoms with Crippen molar-refractivity contribution in [2.45, 2.75) is 24.6 Å². The van der Waals surface area contributed by atoms with Gasteiger partial charge in [-0.3, -0.25) is 14.8 Å². The molecular formula is C23H25N3O5S2. The summed E-state index contributed by atoms with van der Waals surface area (Å²) in [5, 5.41) is 12.3. The van der Waals surface area contributed by atoms with Gasteiger partial charge in [-0.1, -0.05) is 36.4 Å². The van der Waals surface area contributed by atoms with E-state index in [-0.39, 0.29) is 24.7 Å². The minimum Gasteiger partial charge on any atom is -0.341 e. The average molecular weight is 488 g/mol. The number of likely N-dealkylation sites (tertiary alicyclic amines) is 1. The van der Waals surface area contributed by atoms with E-state index in [1.54, 1.807) is 58.1 Å². The first-order valence-electron chi connectivity index (χ1n) is 10.6. The summed E-state index contributed by atoms with van der Waals surface area (Å²) in [6.07, 6.45) is 1.16. The highest BCUT2D eigenvalue weighted by atomic mass is 32.2. The number of carbonyl (C=O) groups excluding carboxylic acids is 2. The number of hydroxylamine groups is 1. The Kier molecular flexibility index (Phi) is 7.08. The van der Waals surface area contributed by atoms with Crippen LogP contribution in [-0.4, -0.2) is 54.3 Å². The molecule has 8 nitrogen and oxygen atoms in total. The second-order valence-corrected chi connectivity index (χ2v) is 10.8. The number of sulfonamides is 1. The first-order valence-corrected chi connectivity index (χ1v) is 13.1. The molecule has 1 aliphatic heterocycles.